The Labute approximate surface area is 96.4 Å². The molecule has 2 heterocycles. The van der Waals surface area contributed by atoms with Gasteiger partial charge in [-0.05, 0) is 45.7 Å². The van der Waals surface area contributed by atoms with Gasteiger partial charge in [0.15, 0.2) is 0 Å². The molecule has 16 heavy (non-hydrogen) atoms. The largest absolute Gasteiger partial charge is 0.443 e. The second kappa shape index (κ2) is 5.46. The molecule has 90 valence electrons. The molecule has 4 heteroatoms. The smallest absolute Gasteiger partial charge is 0.220 e. The molecule has 0 aromatic carbocycles. The first-order chi connectivity index (χ1) is 7.75. The first-order valence-corrected chi connectivity index (χ1v) is 5.97. The Morgan fingerprint density at radius 3 is 2.75 bits per heavy atom. The van der Waals surface area contributed by atoms with Gasteiger partial charge in [0.1, 0.15) is 12.4 Å². The molecule has 0 saturated carbocycles. The maximum atomic E-state index is 5.64. The third-order valence-corrected chi connectivity index (χ3v) is 3.11. The summed E-state index contributed by atoms with van der Waals surface area (Å²) < 4.78 is 11.1. The van der Waals surface area contributed by atoms with E-state index < -0.39 is 0 Å². The van der Waals surface area contributed by atoms with Crippen molar-refractivity contribution >= 4 is 0 Å². The lowest BCUT2D eigenvalue weighted by molar-refractivity contribution is 0.0629. The van der Waals surface area contributed by atoms with Gasteiger partial charge in [-0.1, -0.05) is 0 Å². The van der Waals surface area contributed by atoms with E-state index in [0.29, 0.717) is 18.4 Å². The summed E-state index contributed by atoms with van der Waals surface area (Å²) in [5.74, 6) is 2.28. The standard InChI is InChI=1S/C12H20N2O2/c1-9-10(2)16-12(14-9)8-15-7-11-3-5-13-6-4-11/h11,13H,3-8H2,1-2H3. The van der Waals surface area contributed by atoms with Gasteiger partial charge >= 0.3 is 0 Å². The summed E-state index contributed by atoms with van der Waals surface area (Å²) in [6.07, 6.45) is 2.42. The van der Waals surface area contributed by atoms with Crippen LogP contribution < -0.4 is 5.32 Å². The van der Waals surface area contributed by atoms with Crippen LogP contribution in [0.25, 0.3) is 0 Å². The van der Waals surface area contributed by atoms with Crippen LogP contribution in [0.5, 0.6) is 0 Å². The third-order valence-electron chi connectivity index (χ3n) is 3.11. The Morgan fingerprint density at radius 1 is 1.38 bits per heavy atom. The molecule has 1 saturated heterocycles. The van der Waals surface area contributed by atoms with Gasteiger partial charge < -0.3 is 14.5 Å². The monoisotopic (exact) mass is 224 g/mol. The molecule has 0 aliphatic carbocycles. The molecule has 1 N–H and O–H groups in total. The number of rotatable bonds is 4. The predicted molar refractivity (Wildman–Crippen MR) is 61.2 cm³/mol. The molecule has 1 aliphatic heterocycles. The highest BCUT2D eigenvalue weighted by atomic mass is 16.5. The van der Waals surface area contributed by atoms with Crippen LogP contribution in [0, 0.1) is 19.8 Å². The van der Waals surface area contributed by atoms with Crippen LogP contribution >= 0.6 is 0 Å². The zero-order valence-electron chi connectivity index (χ0n) is 10.1. The first-order valence-electron chi connectivity index (χ1n) is 5.97. The molecule has 0 spiro atoms. The molecule has 0 amide bonds. The van der Waals surface area contributed by atoms with E-state index in [-0.39, 0.29) is 0 Å². The van der Waals surface area contributed by atoms with Crippen molar-refractivity contribution in [3.63, 3.8) is 0 Å². The van der Waals surface area contributed by atoms with Crippen LogP contribution in [-0.2, 0) is 11.3 Å². The summed E-state index contributed by atoms with van der Waals surface area (Å²) in [5.41, 5.74) is 0.959. The molecule has 0 bridgehead atoms. The van der Waals surface area contributed by atoms with E-state index >= 15 is 0 Å². The SMILES string of the molecule is Cc1nc(COCC2CCNCC2)oc1C. The average molecular weight is 224 g/mol. The fourth-order valence-electron chi connectivity index (χ4n) is 1.96. The van der Waals surface area contributed by atoms with Crippen LogP contribution in [-0.4, -0.2) is 24.7 Å². The first kappa shape index (κ1) is 11.6. The molecular weight excluding hydrogens is 204 g/mol. The van der Waals surface area contributed by atoms with Crippen molar-refractivity contribution < 1.29 is 9.15 Å². The average Bonchev–Trinajstić information content (AvgIpc) is 2.60. The molecule has 2 rings (SSSR count). The van der Waals surface area contributed by atoms with Crippen LogP contribution in [0.3, 0.4) is 0 Å². The number of aromatic nitrogens is 1. The van der Waals surface area contributed by atoms with E-state index in [2.05, 4.69) is 10.3 Å². The molecule has 0 unspecified atom stereocenters. The Bertz CT molecular complexity index is 310. The Morgan fingerprint density at radius 2 is 2.12 bits per heavy atom. The quantitative estimate of drug-likeness (QED) is 0.847. The van der Waals surface area contributed by atoms with Crippen molar-refractivity contribution in [2.24, 2.45) is 5.92 Å². The number of piperidine rings is 1. The van der Waals surface area contributed by atoms with Crippen LogP contribution in [0.15, 0.2) is 4.42 Å². The van der Waals surface area contributed by atoms with Gasteiger partial charge in [-0.3, -0.25) is 0 Å². The molecule has 1 aromatic heterocycles. The molecular formula is C12H20N2O2. The van der Waals surface area contributed by atoms with Crippen molar-refractivity contribution in [3.8, 4) is 0 Å². The van der Waals surface area contributed by atoms with E-state index in [4.69, 9.17) is 9.15 Å². The number of hydrogen-bond donors (Lipinski definition) is 1. The Kier molecular flexibility index (Phi) is 3.96. The van der Waals surface area contributed by atoms with E-state index in [1.807, 2.05) is 13.8 Å². The van der Waals surface area contributed by atoms with Crippen molar-refractivity contribution in [2.75, 3.05) is 19.7 Å². The third kappa shape index (κ3) is 3.06. The van der Waals surface area contributed by atoms with E-state index in [1.165, 1.54) is 12.8 Å². The Balaban J connectivity index is 1.71. The molecule has 1 aromatic rings. The number of hydrogen-bond acceptors (Lipinski definition) is 4. The van der Waals surface area contributed by atoms with E-state index in [1.54, 1.807) is 0 Å². The lowest BCUT2D eigenvalue weighted by atomic mass is 9.99. The second-order valence-corrected chi connectivity index (χ2v) is 4.46. The van der Waals surface area contributed by atoms with E-state index in [0.717, 1.165) is 31.2 Å². The normalized spacial score (nSPS) is 17.9. The highest BCUT2D eigenvalue weighted by Crippen LogP contribution is 2.14. The van der Waals surface area contributed by atoms with Crippen LogP contribution in [0.1, 0.15) is 30.2 Å². The Hall–Kier alpha value is -0.870. The summed E-state index contributed by atoms with van der Waals surface area (Å²) >= 11 is 0. The molecule has 0 radical (unpaired) electrons. The van der Waals surface area contributed by atoms with Crippen LogP contribution in [0.2, 0.25) is 0 Å². The van der Waals surface area contributed by atoms with Gasteiger partial charge in [0.25, 0.3) is 0 Å². The van der Waals surface area contributed by atoms with Crippen molar-refractivity contribution in [3.05, 3.63) is 17.3 Å². The number of ether oxygens (including phenoxy) is 1. The molecule has 0 atom stereocenters. The van der Waals surface area contributed by atoms with Crippen molar-refractivity contribution in [2.45, 2.75) is 33.3 Å². The van der Waals surface area contributed by atoms with Gasteiger partial charge in [0.05, 0.1) is 12.3 Å². The lowest BCUT2D eigenvalue weighted by Crippen LogP contribution is -2.29. The molecule has 1 aliphatic rings. The lowest BCUT2D eigenvalue weighted by Gasteiger charge is -2.21. The van der Waals surface area contributed by atoms with Crippen LogP contribution in [0.4, 0.5) is 0 Å². The highest BCUT2D eigenvalue weighted by Gasteiger charge is 2.13. The fourth-order valence-corrected chi connectivity index (χ4v) is 1.96. The summed E-state index contributed by atoms with van der Waals surface area (Å²) in [6, 6.07) is 0. The number of aryl methyl sites for hydroxylation is 2. The zero-order valence-corrected chi connectivity index (χ0v) is 10.1. The van der Waals surface area contributed by atoms with Gasteiger partial charge in [-0.2, -0.15) is 0 Å². The fraction of sp³-hybridized carbons (Fsp3) is 0.750. The summed E-state index contributed by atoms with van der Waals surface area (Å²) in [7, 11) is 0. The summed E-state index contributed by atoms with van der Waals surface area (Å²) in [6.45, 7) is 7.44. The van der Waals surface area contributed by atoms with Crippen molar-refractivity contribution in [1.29, 1.82) is 0 Å². The number of nitrogens with one attached hydrogen (secondary N) is 1. The highest BCUT2D eigenvalue weighted by molar-refractivity contribution is 5.04. The van der Waals surface area contributed by atoms with E-state index in [9.17, 15) is 0 Å². The predicted octanol–water partition coefficient (Wildman–Crippen LogP) is 1.81. The number of oxazole rings is 1. The van der Waals surface area contributed by atoms with Gasteiger partial charge in [-0.15, -0.1) is 0 Å². The van der Waals surface area contributed by atoms with Crippen molar-refractivity contribution in [1.82, 2.24) is 10.3 Å². The maximum Gasteiger partial charge on any atom is 0.220 e. The minimum atomic E-state index is 0.499. The maximum absolute atomic E-state index is 5.64. The summed E-state index contributed by atoms with van der Waals surface area (Å²) in [5, 5.41) is 3.35. The van der Waals surface area contributed by atoms with Gasteiger partial charge in [-0.25, -0.2) is 4.98 Å². The minimum absolute atomic E-state index is 0.499. The van der Waals surface area contributed by atoms with Gasteiger partial charge in [0, 0.05) is 0 Å². The molecule has 1 fully saturated rings. The van der Waals surface area contributed by atoms with Gasteiger partial charge in [0.2, 0.25) is 5.89 Å². The summed E-state index contributed by atoms with van der Waals surface area (Å²) in [4.78, 5) is 4.29. The minimum Gasteiger partial charge on any atom is -0.443 e. The number of nitrogens with zero attached hydrogens (tertiary/aromatic N) is 1. The second-order valence-electron chi connectivity index (χ2n) is 4.46. The zero-order chi connectivity index (χ0) is 11.4. The molecule has 4 nitrogen and oxygen atoms in total. The topological polar surface area (TPSA) is 47.3 Å².